The molecule has 3 N–H and O–H groups in total. The lowest BCUT2D eigenvalue weighted by Crippen LogP contribution is -2.41. The second kappa shape index (κ2) is 8.85. The lowest BCUT2D eigenvalue weighted by atomic mass is 10.2. The van der Waals surface area contributed by atoms with Gasteiger partial charge >= 0.3 is 0 Å². The zero-order valence-corrected chi connectivity index (χ0v) is 16.1. The van der Waals surface area contributed by atoms with Crippen LogP contribution in [0.3, 0.4) is 0 Å². The molecule has 27 heavy (non-hydrogen) atoms. The maximum Gasteiger partial charge on any atom is 0.271 e. The Morgan fingerprint density at radius 2 is 1.67 bits per heavy atom. The van der Waals surface area contributed by atoms with E-state index in [4.69, 9.17) is 16.3 Å². The monoisotopic (exact) mass is 411 g/mol. The molecule has 0 aliphatic heterocycles. The molecule has 144 valence electrons. The van der Waals surface area contributed by atoms with Crippen LogP contribution in [0.5, 0.6) is 5.75 Å². The summed E-state index contributed by atoms with van der Waals surface area (Å²) in [5.41, 5.74) is 4.66. The maximum atomic E-state index is 12.3. The average molecular weight is 412 g/mol. The van der Waals surface area contributed by atoms with Crippen LogP contribution in [0, 0.1) is 0 Å². The van der Waals surface area contributed by atoms with Crippen LogP contribution in [0.4, 0.5) is 0 Å². The number of hydrogen-bond acceptors (Lipinski definition) is 5. The van der Waals surface area contributed by atoms with Gasteiger partial charge in [0.05, 0.1) is 22.1 Å². The van der Waals surface area contributed by atoms with Crippen LogP contribution < -0.4 is 20.3 Å². The van der Waals surface area contributed by atoms with Crippen molar-refractivity contribution in [2.24, 2.45) is 0 Å². The molecule has 0 bridgehead atoms. The van der Waals surface area contributed by atoms with Gasteiger partial charge in [0.2, 0.25) is 10.0 Å². The summed E-state index contributed by atoms with van der Waals surface area (Å²) in [6.45, 7) is 2.35. The van der Waals surface area contributed by atoms with Crippen molar-refractivity contribution >= 4 is 33.4 Å². The number of carbonyl (C=O) groups is 2. The Kier molecular flexibility index (Phi) is 6.78. The van der Waals surface area contributed by atoms with E-state index in [1.807, 2.05) is 6.92 Å². The predicted octanol–water partition coefficient (Wildman–Crippen LogP) is 1.72. The summed E-state index contributed by atoms with van der Waals surface area (Å²) in [5.74, 6) is -0.693. The van der Waals surface area contributed by atoms with E-state index in [0.717, 1.165) is 6.07 Å². The van der Waals surface area contributed by atoms with Crippen molar-refractivity contribution < 1.29 is 22.7 Å². The number of nitrogens with one attached hydrogen (secondary N) is 3. The third-order valence-electron chi connectivity index (χ3n) is 3.48. The molecule has 0 radical (unpaired) electrons. The Hall–Kier alpha value is -2.62. The fraction of sp³-hybridized carbons (Fsp3) is 0.176. The van der Waals surface area contributed by atoms with Gasteiger partial charge in [-0.1, -0.05) is 11.6 Å². The van der Waals surface area contributed by atoms with E-state index in [2.05, 4.69) is 15.6 Å². The molecular formula is C17H18ClN3O5S. The number of halogens is 1. The van der Waals surface area contributed by atoms with Crippen LogP contribution in [0.2, 0.25) is 5.02 Å². The molecule has 0 saturated heterocycles. The minimum atomic E-state index is -3.74. The van der Waals surface area contributed by atoms with Gasteiger partial charge in [0.25, 0.3) is 11.8 Å². The fourth-order valence-electron chi connectivity index (χ4n) is 2.09. The van der Waals surface area contributed by atoms with E-state index < -0.39 is 21.8 Å². The van der Waals surface area contributed by atoms with E-state index >= 15 is 0 Å². The first-order chi connectivity index (χ1) is 12.8. The number of amides is 2. The fourth-order valence-corrected chi connectivity index (χ4v) is 3.04. The number of hydrazine groups is 1. The maximum absolute atomic E-state index is 12.3. The van der Waals surface area contributed by atoms with Crippen LogP contribution in [0.15, 0.2) is 47.4 Å². The van der Waals surface area contributed by atoms with Gasteiger partial charge in [-0.3, -0.25) is 20.4 Å². The minimum Gasteiger partial charge on any atom is -0.494 e. The molecule has 0 spiro atoms. The molecule has 0 aliphatic rings. The van der Waals surface area contributed by atoms with Crippen LogP contribution in [-0.4, -0.2) is 33.9 Å². The van der Waals surface area contributed by atoms with E-state index in [-0.39, 0.29) is 15.5 Å². The first-order valence-electron chi connectivity index (χ1n) is 7.85. The first-order valence-corrected chi connectivity index (χ1v) is 9.71. The largest absolute Gasteiger partial charge is 0.494 e. The van der Waals surface area contributed by atoms with Gasteiger partial charge in [0.15, 0.2) is 0 Å². The first kappa shape index (κ1) is 20.7. The number of benzene rings is 2. The van der Waals surface area contributed by atoms with Crippen LogP contribution in [0.1, 0.15) is 27.6 Å². The molecule has 0 unspecified atom stereocenters. The lowest BCUT2D eigenvalue weighted by Gasteiger charge is -2.10. The van der Waals surface area contributed by atoms with E-state index in [9.17, 15) is 18.0 Å². The molecule has 2 rings (SSSR count). The molecule has 0 fully saturated rings. The second-order valence-electron chi connectivity index (χ2n) is 5.21. The molecule has 8 nitrogen and oxygen atoms in total. The van der Waals surface area contributed by atoms with E-state index in [0.29, 0.717) is 17.9 Å². The molecular weight excluding hydrogens is 394 g/mol. The molecule has 2 aromatic rings. The average Bonchev–Trinajstić information content (AvgIpc) is 2.66. The molecule has 10 heteroatoms. The van der Waals surface area contributed by atoms with Gasteiger partial charge in [-0.15, -0.1) is 0 Å². The Bertz CT molecular complexity index is 946. The second-order valence-corrected chi connectivity index (χ2v) is 7.51. The molecule has 2 amide bonds. The summed E-state index contributed by atoms with van der Waals surface area (Å²) in [4.78, 5) is 24.2. The van der Waals surface area contributed by atoms with Crippen molar-refractivity contribution in [3.8, 4) is 5.75 Å². The van der Waals surface area contributed by atoms with Crippen molar-refractivity contribution in [2.45, 2.75) is 11.8 Å². The number of carbonyl (C=O) groups excluding carboxylic acids is 2. The summed E-state index contributed by atoms with van der Waals surface area (Å²) in [6, 6.07) is 10.0. The molecule has 0 heterocycles. The van der Waals surface area contributed by atoms with Crippen LogP contribution in [0.25, 0.3) is 0 Å². The van der Waals surface area contributed by atoms with E-state index in [1.165, 1.54) is 19.2 Å². The standard InChI is InChI=1S/C17H18ClN3O5S/c1-3-26-12-6-4-11(5-7-12)16(22)20-21-17(23)14-10-13(8-9-15(14)18)27(24,25)19-2/h4-10,19H,3H2,1-2H3,(H,20,22)(H,21,23). The van der Waals surface area contributed by atoms with Crippen molar-refractivity contribution in [2.75, 3.05) is 13.7 Å². The Morgan fingerprint density at radius 3 is 2.26 bits per heavy atom. The summed E-state index contributed by atoms with van der Waals surface area (Å²) < 4.78 is 31.1. The summed E-state index contributed by atoms with van der Waals surface area (Å²) in [6.07, 6.45) is 0. The van der Waals surface area contributed by atoms with Crippen molar-refractivity contribution in [1.29, 1.82) is 0 Å². The highest BCUT2D eigenvalue weighted by atomic mass is 35.5. The van der Waals surface area contributed by atoms with Gasteiger partial charge in [-0.2, -0.15) is 0 Å². The van der Waals surface area contributed by atoms with Crippen molar-refractivity contribution in [3.05, 3.63) is 58.6 Å². The zero-order chi connectivity index (χ0) is 20.0. The van der Waals surface area contributed by atoms with Crippen molar-refractivity contribution in [3.63, 3.8) is 0 Å². The highest BCUT2D eigenvalue weighted by molar-refractivity contribution is 7.89. The topological polar surface area (TPSA) is 114 Å². The Labute approximate surface area is 161 Å². The summed E-state index contributed by atoms with van der Waals surface area (Å²) >= 11 is 5.96. The van der Waals surface area contributed by atoms with Crippen LogP contribution in [-0.2, 0) is 10.0 Å². The molecule has 2 aromatic carbocycles. The molecule has 0 atom stereocenters. The predicted molar refractivity (Wildman–Crippen MR) is 100 cm³/mol. The van der Waals surface area contributed by atoms with E-state index in [1.54, 1.807) is 24.3 Å². The normalized spacial score (nSPS) is 10.9. The quantitative estimate of drug-likeness (QED) is 0.626. The molecule has 0 saturated carbocycles. The van der Waals surface area contributed by atoms with Gasteiger partial charge in [0.1, 0.15) is 5.75 Å². The summed E-state index contributed by atoms with van der Waals surface area (Å²) in [7, 11) is -2.49. The zero-order valence-electron chi connectivity index (χ0n) is 14.6. The summed E-state index contributed by atoms with van der Waals surface area (Å²) in [5, 5.41) is 0.0397. The highest BCUT2D eigenvalue weighted by Crippen LogP contribution is 2.20. The smallest absolute Gasteiger partial charge is 0.271 e. The van der Waals surface area contributed by atoms with Gasteiger partial charge < -0.3 is 4.74 Å². The van der Waals surface area contributed by atoms with Gasteiger partial charge in [-0.25, -0.2) is 13.1 Å². The molecule has 0 aromatic heterocycles. The van der Waals surface area contributed by atoms with Crippen molar-refractivity contribution in [1.82, 2.24) is 15.6 Å². The number of rotatable bonds is 6. The third kappa shape index (κ3) is 5.19. The highest BCUT2D eigenvalue weighted by Gasteiger charge is 2.18. The minimum absolute atomic E-state index is 0.0397. The number of hydrogen-bond donors (Lipinski definition) is 3. The SMILES string of the molecule is CCOc1ccc(C(=O)NNC(=O)c2cc(S(=O)(=O)NC)ccc2Cl)cc1. The molecule has 0 aliphatic carbocycles. The van der Waals surface area contributed by atoms with Gasteiger partial charge in [-0.05, 0) is 56.4 Å². The van der Waals surface area contributed by atoms with Gasteiger partial charge in [0, 0.05) is 5.56 Å². The Morgan fingerprint density at radius 1 is 1.04 bits per heavy atom. The Balaban J connectivity index is 2.09. The lowest BCUT2D eigenvalue weighted by molar-refractivity contribution is 0.0846. The third-order valence-corrected chi connectivity index (χ3v) is 5.22. The van der Waals surface area contributed by atoms with Crippen LogP contribution >= 0.6 is 11.6 Å². The number of sulfonamides is 1. The number of ether oxygens (including phenoxy) is 1.